The van der Waals surface area contributed by atoms with Crippen LogP contribution in [0.2, 0.25) is 0 Å². The van der Waals surface area contributed by atoms with Crippen molar-refractivity contribution in [3.05, 3.63) is 70.5 Å². The summed E-state index contributed by atoms with van der Waals surface area (Å²) in [6, 6.07) is 18.1. The maximum Gasteiger partial charge on any atom is 0.276 e. The van der Waals surface area contributed by atoms with E-state index >= 15 is 0 Å². The lowest BCUT2D eigenvalue weighted by Crippen LogP contribution is -1.99. The topological polar surface area (TPSA) is 48.2 Å². The van der Waals surface area contributed by atoms with Crippen molar-refractivity contribution in [3.63, 3.8) is 0 Å². The van der Waals surface area contributed by atoms with Gasteiger partial charge in [-0.2, -0.15) is 0 Å². The van der Waals surface area contributed by atoms with Gasteiger partial charge in [0.1, 0.15) is 5.75 Å². The first kappa shape index (κ1) is 18.0. The second-order valence-corrected chi connectivity index (χ2v) is 7.59. The molecule has 3 aromatic rings. The third kappa shape index (κ3) is 5.61. The number of halogens is 1. The Balaban J connectivity index is 1.43. The molecule has 25 heavy (non-hydrogen) atoms. The Morgan fingerprint density at radius 3 is 2.60 bits per heavy atom. The van der Waals surface area contributed by atoms with Gasteiger partial charge < -0.3 is 9.15 Å². The smallest absolute Gasteiger partial charge is 0.276 e. The van der Waals surface area contributed by atoms with Gasteiger partial charge in [0.2, 0.25) is 5.89 Å². The lowest BCUT2D eigenvalue weighted by molar-refractivity contribution is 0.342. The van der Waals surface area contributed by atoms with Gasteiger partial charge in [-0.1, -0.05) is 64.9 Å². The molecule has 0 saturated carbocycles. The highest BCUT2D eigenvalue weighted by Crippen LogP contribution is 2.22. The van der Waals surface area contributed by atoms with Crippen LogP contribution >= 0.6 is 27.7 Å². The van der Waals surface area contributed by atoms with Gasteiger partial charge in [0, 0.05) is 16.6 Å². The van der Waals surface area contributed by atoms with Crippen molar-refractivity contribution >= 4 is 27.7 Å². The fraction of sp³-hybridized carbons (Fsp3) is 0.263. The summed E-state index contributed by atoms with van der Waals surface area (Å²) >= 11 is 4.92. The van der Waals surface area contributed by atoms with Crippen molar-refractivity contribution in [3.8, 4) is 5.75 Å². The van der Waals surface area contributed by atoms with E-state index in [1.54, 1.807) is 0 Å². The Morgan fingerprint density at radius 2 is 1.84 bits per heavy atom. The van der Waals surface area contributed by atoms with Crippen LogP contribution in [-0.2, 0) is 6.42 Å². The predicted octanol–water partition coefficient (Wildman–Crippen LogP) is 5.35. The molecule has 1 atom stereocenters. The first-order valence-electron chi connectivity index (χ1n) is 8.09. The number of rotatable bonds is 8. The summed E-state index contributed by atoms with van der Waals surface area (Å²) in [6.45, 7) is 2.75. The Kier molecular flexibility index (Phi) is 6.53. The number of thioether (sulfide) groups is 1. The second kappa shape index (κ2) is 9.06. The van der Waals surface area contributed by atoms with Gasteiger partial charge in [-0.15, -0.1) is 10.2 Å². The lowest BCUT2D eigenvalue weighted by Gasteiger charge is -2.08. The SMILES string of the molecule is CC(Cc1nnc(SCCOc2ccc(Br)cc2)o1)c1ccccc1. The third-order valence-electron chi connectivity index (χ3n) is 3.69. The molecule has 0 aliphatic heterocycles. The van der Waals surface area contributed by atoms with E-state index in [-0.39, 0.29) is 0 Å². The Morgan fingerprint density at radius 1 is 1.08 bits per heavy atom. The molecule has 0 saturated heterocycles. The highest BCUT2D eigenvalue weighted by Gasteiger charge is 2.12. The summed E-state index contributed by atoms with van der Waals surface area (Å²) in [4.78, 5) is 0. The van der Waals surface area contributed by atoms with Crippen LogP contribution in [0.25, 0.3) is 0 Å². The lowest BCUT2D eigenvalue weighted by atomic mass is 9.98. The fourth-order valence-corrected chi connectivity index (χ4v) is 3.22. The van der Waals surface area contributed by atoms with E-state index in [4.69, 9.17) is 9.15 Å². The van der Waals surface area contributed by atoms with Gasteiger partial charge in [0.15, 0.2) is 0 Å². The average molecular weight is 419 g/mol. The molecular formula is C19H19BrN2O2S. The first-order valence-corrected chi connectivity index (χ1v) is 9.87. The first-order chi connectivity index (χ1) is 12.2. The monoisotopic (exact) mass is 418 g/mol. The van der Waals surface area contributed by atoms with Crippen molar-refractivity contribution in [2.24, 2.45) is 0 Å². The maximum absolute atomic E-state index is 5.72. The molecule has 0 N–H and O–H groups in total. The molecule has 3 rings (SSSR count). The number of ether oxygens (including phenoxy) is 1. The molecule has 0 amide bonds. The van der Waals surface area contributed by atoms with Gasteiger partial charge in [0.25, 0.3) is 5.22 Å². The van der Waals surface area contributed by atoms with Crippen molar-refractivity contribution in [2.45, 2.75) is 24.5 Å². The minimum Gasteiger partial charge on any atom is -0.493 e. The quantitative estimate of drug-likeness (QED) is 0.364. The van der Waals surface area contributed by atoms with Gasteiger partial charge in [0.05, 0.1) is 6.61 Å². The Bertz CT molecular complexity index is 778. The van der Waals surface area contributed by atoms with E-state index in [2.05, 4.69) is 45.2 Å². The number of aromatic nitrogens is 2. The summed E-state index contributed by atoms with van der Waals surface area (Å²) < 4.78 is 12.4. The molecule has 0 bridgehead atoms. The minimum atomic E-state index is 0.347. The molecule has 0 radical (unpaired) electrons. The van der Waals surface area contributed by atoms with E-state index in [0.29, 0.717) is 23.6 Å². The molecule has 0 fully saturated rings. The number of benzene rings is 2. The summed E-state index contributed by atoms with van der Waals surface area (Å²) in [6.07, 6.45) is 0.743. The third-order valence-corrected chi connectivity index (χ3v) is 5.00. The molecule has 0 spiro atoms. The molecule has 6 heteroatoms. The standard InChI is InChI=1S/C19H19BrN2O2S/c1-14(15-5-3-2-4-6-15)13-18-21-22-19(24-18)25-12-11-23-17-9-7-16(20)8-10-17/h2-10,14H,11-13H2,1H3. The van der Waals surface area contributed by atoms with Gasteiger partial charge in [-0.3, -0.25) is 0 Å². The maximum atomic E-state index is 5.72. The molecule has 0 aliphatic rings. The summed E-state index contributed by atoms with van der Waals surface area (Å²) in [5.41, 5.74) is 1.28. The van der Waals surface area contributed by atoms with E-state index in [1.165, 1.54) is 17.3 Å². The van der Waals surface area contributed by atoms with Gasteiger partial charge >= 0.3 is 0 Å². The zero-order valence-electron chi connectivity index (χ0n) is 13.9. The summed E-state index contributed by atoms with van der Waals surface area (Å²) in [5.74, 6) is 2.63. The average Bonchev–Trinajstić information content (AvgIpc) is 3.08. The van der Waals surface area contributed by atoms with E-state index in [1.807, 2.05) is 42.5 Å². The van der Waals surface area contributed by atoms with E-state index in [0.717, 1.165) is 22.4 Å². The van der Waals surface area contributed by atoms with Crippen LogP contribution in [0.5, 0.6) is 5.75 Å². The number of nitrogens with zero attached hydrogens (tertiary/aromatic N) is 2. The van der Waals surface area contributed by atoms with Crippen LogP contribution in [0.15, 0.2) is 68.7 Å². The fourth-order valence-electron chi connectivity index (χ4n) is 2.36. The Hall–Kier alpha value is -1.79. The van der Waals surface area contributed by atoms with Crippen molar-refractivity contribution < 1.29 is 9.15 Å². The molecule has 1 heterocycles. The zero-order chi connectivity index (χ0) is 17.5. The summed E-state index contributed by atoms with van der Waals surface area (Å²) in [7, 11) is 0. The second-order valence-electron chi connectivity index (χ2n) is 5.63. The predicted molar refractivity (Wildman–Crippen MR) is 103 cm³/mol. The molecule has 0 aliphatic carbocycles. The molecule has 1 unspecified atom stereocenters. The van der Waals surface area contributed by atoms with Crippen LogP contribution in [0, 0.1) is 0 Å². The minimum absolute atomic E-state index is 0.347. The largest absolute Gasteiger partial charge is 0.493 e. The van der Waals surface area contributed by atoms with Crippen molar-refractivity contribution in [1.29, 1.82) is 0 Å². The normalized spacial score (nSPS) is 12.1. The molecule has 130 valence electrons. The number of hydrogen-bond donors (Lipinski definition) is 0. The highest BCUT2D eigenvalue weighted by atomic mass is 79.9. The van der Waals surface area contributed by atoms with Crippen LogP contribution in [0.3, 0.4) is 0 Å². The Labute approximate surface area is 160 Å². The van der Waals surface area contributed by atoms with Crippen LogP contribution in [0.1, 0.15) is 24.3 Å². The van der Waals surface area contributed by atoms with Gasteiger partial charge in [-0.25, -0.2) is 0 Å². The number of hydrogen-bond acceptors (Lipinski definition) is 5. The van der Waals surface area contributed by atoms with Gasteiger partial charge in [-0.05, 0) is 35.7 Å². The zero-order valence-corrected chi connectivity index (χ0v) is 16.3. The molecule has 2 aromatic carbocycles. The van der Waals surface area contributed by atoms with E-state index < -0.39 is 0 Å². The summed E-state index contributed by atoms with van der Waals surface area (Å²) in [5, 5.41) is 8.84. The van der Waals surface area contributed by atoms with Crippen molar-refractivity contribution in [1.82, 2.24) is 10.2 Å². The van der Waals surface area contributed by atoms with E-state index in [9.17, 15) is 0 Å². The molecular weight excluding hydrogens is 400 g/mol. The van der Waals surface area contributed by atoms with Crippen LogP contribution < -0.4 is 4.74 Å². The van der Waals surface area contributed by atoms with Crippen LogP contribution in [-0.4, -0.2) is 22.6 Å². The molecule has 1 aromatic heterocycles. The van der Waals surface area contributed by atoms with Crippen molar-refractivity contribution in [2.75, 3.05) is 12.4 Å². The van der Waals surface area contributed by atoms with Crippen LogP contribution in [0.4, 0.5) is 0 Å². The molecule has 4 nitrogen and oxygen atoms in total. The highest BCUT2D eigenvalue weighted by molar-refractivity contribution is 9.10.